The molecule has 33 heavy (non-hydrogen) atoms. The van der Waals surface area contributed by atoms with Gasteiger partial charge in [0, 0.05) is 19.6 Å². The Morgan fingerprint density at radius 1 is 1.30 bits per heavy atom. The number of rotatable bonds is 9. The molecule has 3 fully saturated rings. The highest BCUT2D eigenvalue weighted by atomic mass is 32.2. The largest absolute Gasteiger partial charge is 0.368 e. The van der Waals surface area contributed by atoms with Gasteiger partial charge in [-0.2, -0.15) is 5.26 Å². The quantitative estimate of drug-likeness (QED) is 0.480. The van der Waals surface area contributed by atoms with E-state index in [1.807, 2.05) is 13.8 Å². The van der Waals surface area contributed by atoms with Gasteiger partial charge < -0.3 is 20.9 Å². The second-order valence-corrected chi connectivity index (χ2v) is 9.85. The molecular weight excluding hydrogens is 442 g/mol. The highest BCUT2D eigenvalue weighted by Gasteiger charge is 2.77. The van der Waals surface area contributed by atoms with Gasteiger partial charge in [-0.25, -0.2) is 4.98 Å². The van der Waals surface area contributed by atoms with Crippen LogP contribution in [0.2, 0.25) is 0 Å². The molecule has 0 bridgehead atoms. The van der Waals surface area contributed by atoms with Crippen molar-refractivity contribution in [1.29, 1.82) is 5.26 Å². The van der Waals surface area contributed by atoms with Crippen LogP contribution >= 0.6 is 11.8 Å². The minimum atomic E-state index is -0.799. The van der Waals surface area contributed by atoms with Crippen LogP contribution in [0.3, 0.4) is 0 Å². The summed E-state index contributed by atoms with van der Waals surface area (Å²) in [5.41, 5.74) is 0. The highest BCUT2D eigenvalue weighted by molar-refractivity contribution is 8.02. The van der Waals surface area contributed by atoms with Gasteiger partial charge in [-0.3, -0.25) is 19.3 Å². The van der Waals surface area contributed by atoms with Crippen molar-refractivity contribution in [1.82, 2.24) is 20.1 Å². The number of nitriles is 1. The van der Waals surface area contributed by atoms with E-state index in [0.717, 1.165) is 19.5 Å². The lowest BCUT2D eigenvalue weighted by Gasteiger charge is -2.29. The summed E-state index contributed by atoms with van der Waals surface area (Å²) in [7, 11) is 0. The topological polar surface area (TPSA) is 130 Å². The molecule has 3 heterocycles. The molecule has 4 rings (SSSR count). The first kappa shape index (κ1) is 23.3. The monoisotopic (exact) mass is 471 g/mol. The van der Waals surface area contributed by atoms with Crippen molar-refractivity contribution in [3.63, 3.8) is 0 Å². The molecule has 2 saturated heterocycles. The molecule has 1 aliphatic carbocycles. The van der Waals surface area contributed by atoms with Crippen molar-refractivity contribution >= 4 is 41.1 Å². The van der Waals surface area contributed by atoms with Crippen LogP contribution in [0.15, 0.2) is 18.2 Å². The Balaban J connectivity index is 1.39. The summed E-state index contributed by atoms with van der Waals surface area (Å²) < 4.78 is 0. The number of hydrogen-bond acceptors (Lipinski definition) is 8. The zero-order chi connectivity index (χ0) is 23.6. The summed E-state index contributed by atoms with van der Waals surface area (Å²) in [5, 5.41) is 18.0. The standard InChI is InChI=1S/C22H29N7O3S/c1-3-24-20(31)19-14(11-23)22(19)29(4-2)21(32)15(33-22)12-25-16-7-5-8-17(26-16)27-18(30)13-28-9-6-10-28/h5,7-8,14-15,19H,3-4,6,9-10,12-13H2,1-2H3,(H,24,31)(H2,25,26,27,30)/t14?,15?,19-,22?/m1/s1. The number of thioether (sulfide) groups is 1. The number of aromatic nitrogens is 1. The second kappa shape index (κ2) is 9.57. The third-order valence-corrected chi connectivity index (χ3v) is 8.06. The van der Waals surface area contributed by atoms with Crippen LogP contribution in [0, 0.1) is 23.2 Å². The van der Waals surface area contributed by atoms with Gasteiger partial charge in [0.2, 0.25) is 17.7 Å². The fourth-order valence-corrected chi connectivity index (χ4v) is 6.42. The van der Waals surface area contributed by atoms with Crippen LogP contribution in [0.5, 0.6) is 0 Å². The molecule has 1 spiro atoms. The molecule has 1 aromatic heterocycles. The molecule has 4 atom stereocenters. The SMILES string of the molecule is CCNC(=O)[C@H]1C(C#N)C12SC(CNc1cccc(NC(=O)CN3CCC3)n1)C(=O)N2CC. The van der Waals surface area contributed by atoms with Crippen LogP contribution in [0.1, 0.15) is 20.3 Å². The number of hydrogen-bond donors (Lipinski definition) is 3. The van der Waals surface area contributed by atoms with E-state index in [1.54, 1.807) is 23.1 Å². The molecule has 10 nitrogen and oxygen atoms in total. The average molecular weight is 472 g/mol. The van der Waals surface area contributed by atoms with E-state index in [1.165, 1.54) is 11.8 Å². The van der Waals surface area contributed by atoms with E-state index < -0.39 is 22.0 Å². The van der Waals surface area contributed by atoms with Crippen molar-refractivity contribution in [3.05, 3.63) is 18.2 Å². The number of nitrogens with zero attached hydrogens (tertiary/aromatic N) is 4. The Bertz CT molecular complexity index is 979. The lowest BCUT2D eigenvalue weighted by atomic mass is 10.2. The first-order chi connectivity index (χ1) is 15.9. The molecule has 0 radical (unpaired) electrons. The zero-order valence-electron chi connectivity index (χ0n) is 18.8. The van der Waals surface area contributed by atoms with E-state index in [2.05, 4.69) is 31.9 Å². The summed E-state index contributed by atoms with van der Waals surface area (Å²) in [5.74, 6) is -0.419. The molecule has 3 unspecified atom stereocenters. The first-order valence-electron chi connectivity index (χ1n) is 11.3. The van der Waals surface area contributed by atoms with Crippen LogP contribution in [-0.4, -0.2) is 81.9 Å². The van der Waals surface area contributed by atoms with Crippen LogP contribution in [-0.2, 0) is 14.4 Å². The fraction of sp³-hybridized carbons (Fsp3) is 0.591. The minimum Gasteiger partial charge on any atom is -0.368 e. The molecule has 3 N–H and O–H groups in total. The molecule has 3 aliphatic rings. The maximum absolute atomic E-state index is 13.1. The molecule has 11 heteroatoms. The molecule has 1 saturated carbocycles. The number of carbonyl (C=O) groups excluding carboxylic acids is 3. The highest BCUT2D eigenvalue weighted by Crippen LogP contribution is 2.66. The normalized spacial score (nSPS) is 28.2. The summed E-state index contributed by atoms with van der Waals surface area (Å²) in [4.78, 5) is 45.1. The van der Waals surface area contributed by atoms with Gasteiger partial charge >= 0.3 is 0 Å². The maximum Gasteiger partial charge on any atom is 0.239 e. The Morgan fingerprint density at radius 3 is 2.70 bits per heavy atom. The number of carbonyl (C=O) groups is 3. The van der Waals surface area contributed by atoms with Gasteiger partial charge in [-0.05, 0) is 45.5 Å². The van der Waals surface area contributed by atoms with Gasteiger partial charge in [-0.15, -0.1) is 11.8 Å². The van der Waals surface area contributed by atoms with E-state index in [0.29, 0.717) is 37.8 Å². The second-order valence-electron chi connectivity index (χ2n) is 8.39. The third-order valence-electron chi connectivity index (χ3n) is 6.30. The summed E-state index contributed by atoms with van der Waals surface area (Å²) in [6.07, 6.45) is 1.12. The van der Waals surface area contributed by atoms with E-state index in [-0.39, 0.29) is 17.7 Å². The van der Waals surface area contributed by atoms with Gasteiger partial charge in [0.25, 0.3) is 0 Å². The van der Waals surface area contributed by atoms with Gasteiger partial charge in [0.1, 0.15) is 21.8 Å². The van der Waals surface area contributed by atoms with Crippen molar-refractivity contribution in [3.8, 4) is 6.07 Å². The number of nitrogens with one attached hydrogen (secondary N) is 3. The Labute approximate surface area is 197 Å². The van der Waals surface area contributed by atoms with Crippen LogP contribution in [0.25, 0.3) is 0 Å². The Morgan fingerprint density at radius 2 is 2.06 bits per heavy atom. The number of anilines is 2. The first-order valence-corrected chi connectivity index (χ1v) is 12.2. The van der Waals surface area contributed by atoms with E-state index in [4.69, 9.17) is 0 Å². The van der Waals surface area contributed by atoms with Crippen LogP contribution in [0.4, 0.5) is 11.6 Å². The molecule has 176 valence electrons. The predicted molar refractivity (Wildman–Crippen MR) is 125 cm³/mol. The fourth-order valence-electron chi connectivity index (χ4n) is 4.57. The smallest absolute Gasteiger partial charge is 0.239 e. The zero-order valence-corrected chi connectivity index (χ0v) is 19.7. The van der Waals surface area contributed by atoms with Gasteiger partial charge in [0.05, 0.1) is 24.4 Å². The number of pyridine rings is 1. The molecule has 1 aromatic rings. The lowest BCUT2D eigenvalue weighted by Crippen LogP contribution is -2.42. The molecule has 3 amide bonds. The summed E-state index contributed by atoms with van der Waals surface area (Å²) in [6, 6.07) is 7.52. The van der Waals surface area contributed by atoms with Crippen molar-refractivity contribution < 1.29 is 14.4 Å². The lowest BCUT2D eigenvalue weighted by molar-refractivity contribution is -0.130. The van der Waals surface area contributed by atoms with Crippen molar-refractivity contribution in [2.45, 2.75) is 30.4 Å². The average Bonchev–Trinajstić information content (AvgIpc) is 3.32. The minimum absolute atomic E-state index is 0.0824. The summed E-state index contributed by atoms with van der Waals surface area (Å²) in [6.45, 7) is 7.17. The van der Waals surface area contributed by atoms with Crippen LogP contribution < -0.4 is 16.0 Å². The molecular formula is C22H29N7O3S. The number of likely N-dealkylation sites (tertiary alicyclic amines) is 1. The van der Waals surface area contributed by atoms with E-state index in [9.17, 15) is 19.6 Å². The van der Waals surface area contributed by atoms with Crippen molar-refractivity contribution in [2.75, 3.05) is 49.9 Å². The molecule has 0 aromatic carbocycles. The Hall–Kier alpha value is -2.84. The Kier molecular flexibility index (Phi) is 6.76. The van der Waals surface area contributed by atoms with E-state index >= 15 is 0 Å². The maximum atomic E-state index is 13.1. The predicted octanol–water partition coefficient (Wildman–Crippen LogP) is 0.704. The third kappa shape index (κ3) is 4.37. The summed E-state index contributed by atoms with van der Waals surface area (Å²) >= 11 is 1.39. The van der Waals surface area contributed by atoms with Crippen molar-refractivity contribution in [2.24, 2.45) is 11.8 Å². The molecule has 2 aliphatic heterocycles. The van der Waals surface area contributed by atoms with Gasteiger partial charge in [-0.1, -0.05) is 6.07 Å². The van der Waals surface area contributed by atoms with Gasteiger partial charge in [0.15, 0.2) is 0 Å². The number of amides is 3.